The minimum atomic E-state index is -0.752. The number of hydrogen-bond donors (Lipinski definition) is 2. The van der Waals surface area contributed by atoms with E-state index in [-0.39, 0.29) is 6.04 Å². The molecule has 2 aromatic rings. The van der Waals surface area contributed by atoms with E-state index in [1.807, 2.05) is 12.1 Å². The molecule has 3 rings (SSSR count). The van der Waals surface area contributed by atoms with Crippen LogP contribution in [0.1, 0.15) is 36.1 Å². The number of aliphatic hydroxyl groups is 1. The number of aryl methyl sites for hydroxylation is 1. The molecule has 0 amide bonds. The third-order valence-electron chi connectivity index (χ3n) is 4.91. The molecule has 0 spiro atoms. The Morgan fingerprint density at radius 1 is 1.13 bits per heavy atom. The number of hydrogen-bond acceptors (Lipinski definition) is 3. The number of anilines is 1. The predicted molar refractivity (Wildman–Crippen MR) is 95.8 cm³/mol. The quantitative estimate of drug-likeness (QED) is 0.890. The number of rotatable bonds is 5. The van der Waals surface area contributed by atoms with Crippen molar-refractivity contribution in [3.8, 4) is 0 Å². The van der Waals surface area contributed by atoms with Crippen molar-refractivity contribution in [2.24, 2.45) is 0 Å². The number of fused-ring (bicyclic) bond motifs is 1. The van der Waals surface area contributed by atoms with Crippen molar-refractivity contribution < 1.29 is 5.11 Å². The van der Waals surface area contributed by atoms with E-state index in [0.29, 0.717) is 6.54 Å². The Morgan fingerprint density at radius 2 is 1.83 bits per heavy atom. The standard InChI is InChI=1S/C20H26N2O/c1-15(17-9-5-7-11-19(17)22(2)3)21-14-20(23)13-12-16-8-4-6-10-18(16)20/h4-11,15,21,23H,12-14H2,1-3H3/t15-,20+/m0/s1. The molecule has 0 saturated heterocycles. The SMILES string of the molecule is C[C@H](NC[C@]1(O)CCc2ccccc21)c1ccccc1N(C)C. The van der Waals surface area contributed by atoms with Gasteiger partial charge in [0.25, 0.3) is 0 Å². The van der Waals surface area contributed by atoms with E-state index in [0.717, 1.165) is 18.4 Å². The van der Waals surface area contributed by atoms with Crippen molar-refractivity contribution in [1.82, 2.24) is 5.32 Å². The first-order valence-electron chi connectivity index (χ1n) is 8.32. The number of benzene rings is 2. The molecule has 1 aliphatic rings. The van der Waals surface area contributed by atoms with Gasteiger partial charge < -0.3 is 15.3 Å². The van der Waals surface area contributed by atoms with Gasteiger partial charge in [-0.3, -0.25) is 0 Å². The maximum atomic E-state index is 11.0. The van der Waals surface area contributed by atoms with Crippen LogP contribution in [0.2, 0.25) is 0 Å². The zero-order valence-corrected chi connectivity index (χ0v) is 14.2. The third kappa shape index (κ3) is 3.12. The zero-order chi connectivity index (χ0) is 16.4. The Labute approximate surface area is 139 Å². The highest BCUT2D eigenvalue weighted by Gasteiger charge is 2.36. The Balaban J connectivity index is 1.74. The summed E-state index contributed by atoms with van der Waals surface area (Å²) in [5.74, 6) is 0. The molecular formula is C20H26N2O. The molecule has 0 aliphatic heterocycles. The van der Waals surface area contributed by atoms with Crippen LogP contribution in [0.5, 0.6) is 0 Å². The molecule has 23 heavy (non-hydrogen) atoms. The Kier molecular flexibility index (Phi) is 4.42. The largest absolute Gasteiger partial charge is 0.384 e. The summed E-state index contributed by atoms with van der Waals surface area (Å²) in [6.07, 6.45) is 1.75. The number of nitrogens with zero attached hydrogens (tertiary/aromatic N) is 1. The van der Waals surface area contributed by atoms with Gasteiger partial charge >= 0.3 is 0 Å². The van der Waals surface area contributed by atoms with Crippen LogP contribution in [0.15, 0.2) is 48.5 Å². The third-order valence-corrected chi connectivity index (χ3v) is 4.91. The second-order valence-electron chi connectivity index (χ2n) is 6.74. The normalized spacial score (nSPS) is 21.0. The van der Waals surface area contributed by atoms with Crippen LogP contribution >= 0.6 is 0 Å². The van der Waals surface area contributed by atoms with Gasteiger partial charge in [0, 0.05) is 32.4 Å². The molecule has 122 valence electrons. The molecular weight excluding hydrogens is 284 g/mol. The van der Waals surface area contributed by atoms with Crippen molar-refractivity contribution in [2.75, 3.05) is 25.5 Å². The molecule has 3 nitrogen and oxygen atoms in total. The van der Waals surface area contributed by atoms with Crippen LogP contribution in [0.4, 0.5) is 5.69 Å². The van der Waals surface area contributed by atoms with Crippen molar-refractivity contribution in [3.63, 3.8) is 0 Å². The highest BCUT2D eigenvalue weighted by atomic mass is 16.3. The smallest absolute Gasteiger partial charge is 0.103 e. The molecule has 0 heterocycles. The van der Waals surface area contributed by atoms with Gasteiger partial charge in [-0.15, -0.1) is 0 Å². The fourth-order valence-electron chi connectivity index (χ4n) is 3.54. The van der Waals surface area contributed by atoms with Crippen LogP contribution in [0.25, 0.3) is 0 Å². The highest BCUT2D eigenvalue weighted by Crippen LogP contribution is 2.36. The van der Waals surface area contributed by atoms with E-state index in [9.17, 15) is 5.11 Å². The molecule has 1 aliphatic carbocycles. The molecule has 0 aromatic heterocycles. The fraction of sp³-hybridized carbons (Fsp3) is 0.400. The van der Waals surface area contributed by atoms with Crippen molar-refractivity contribution in [1.29, 1.82) is 0 Å². The number of nitrogens with one attached hydrogen (secondary N) is 1. The topological polar surface area (TPSA) is 35.5 Å². The lowest BCUT2D eigenvalue weighted by molar-refractivity contribution is 0.0363. The summed E-state index contributed by atoms with van der Waals surface area (Å²) in [5, 5.41) is 14.6. The lowest BCUT2D eigenvalue weighted by atomic mass is 9.95. The van der Waals surface area contributed by atoms with Crippen molar-refractivity contribution in [3.05, 3.63) is 65.2 Å². The van der Waals surface area contributed by atoms with Gasteiger partial charge in [-0.25, -0.2) is 0 Å². The molecule has 0 unspecified atom stereocenters. The summed E-state index contributed by atoms with van der Waals surface area (Å²) in [6, 6.07) is 16.8. The first kappa shape index (κ1) is 16.0. The lowest BCUT2D eigenvalue weighted by Crippen LogP contribution is -2.37. The second-order valence-corrected chi connectivity index (χ2v) is 6.74. The summed E-state index contributed by atoms with van der Waals surface area (Å²) >= 11 is 0. The minimum absolute atomic E-state index is 0.186. The lowest BCUT2D eigenvalue weighted by Gasteiger charge is -2.28. The summed E-state index contributed by atoms with van der Waals surface area (Å²) < 4.78 is 0. The first-order chi connectivity index (χ1) is 11.0. The Hall–Kier alpha value is -1.84. The first-order valence-corrected chi connectivity index (χ1v) is 8.32. The van der Waals surface area contributed by atoms with E-state index in [4.69, 9.17) is 0 Å². The maximum absolute atomic E-state index is 11.0. The average Bonchev–Trinajstić information content (AvgIpc) is 2.91. The number of para-hydroxylation sites is 1. The predicted octanol–water partition coefficient (Wildman–Crippen LogP) is 3.24. The van der Waals surface area contributed by atoms with Crippen LogP contribution in [0, 0.1) is 0 Å². The van der Waals surface area contributed by atoms with Gasteiger partial charge in [0.15, 0.2) is 0 Å². The molecule has 3 heteroatoms. The van der Waals surface area contributed by atoms with E-state index in [1.54, 1.807) is 0 Å². The zero-order valence-electron chi connectivity index (χ0n) is 14.2. The van der Waals surface area contributed by atoms with Gasteiger partial charge in [0.05, 0.1) is 0 Å². The monoisotopic (exact) mass is 310 g/mol. The second kappa shape index (κ2) is 6.34. The summed E-state index contributed by atoms with van der Waals surface area (Å²) in [4.78, 5) is 2.13. The Morgan fingerprint density at radius 3 is 2.61 bits per heavy atom. The molecule has 0 fully saturated rings. The molecule has 0 radical (unpaired) electrons. The van der Waals surface area contributed by atoms with E-state index in [2.05, 4.69) is 67.6 Å². The van der Waals surface area contributed by atoms with E-state index in [1.165, 1.54) is 16.8 Å². The minimum Gasteiger partial charge on any atom is -0.384 e. The van der Waals surface area contributed by atoms with Gasteiger partial charge in [-0.2, -0.15) is 0 Å². The van der Waals surface area contributed by atoms with Crippen LogP contribution in [-0.2, 0) is 12.0 Å². The Bertz CT molecular complexity index is 683. The molecule has 2 atom stereocenters. The van der Waals surface area contributed by atoms with Crippen molar-refractivity contribution in [2.45, 2.75) is 31.4 Å². The molecule has 2 aromatic carbocycles. The summed E-state index contributed by atoms with van der Waals surface area (Å²) in [6.45, 7) is 2.74. The van der Waals surface area contributed by atoms with Crippen LogP contribution in [-0.4, -0.2) is 25.7 Å². The fourth-order valence-corrected chi connectivity index (χ4v) is 3.54. The van der Waals surface area contributed by atoms with Crippen molar-refractivity contribution >= 4 is 5.69 Å². The molecule has 2 N–H and O–H groups in total. The summed E-state index contributed by atoms with van der Waals surface area (Å²) in [7, 11) is 4.12. The highest BCUT2D eigenvalue weighted by molar-refractivity contribution is 5.53. The average molecular weight is 310 g/mol. The van der Waals surface area contributed by atoms with E-state index >= 15 is 0 Å². The maximum Gasteiger partial charge on any atom is 0.103 e. The van der Waals surface area contributed by atoms with Gasteiger partial charge in [-0.05, 0) is 42.5 Å². The summed E-state index contributed by atoms with van der Waals surface area (Å²) in [5.41, 5.74) is 4.08. The van der Waals surface area contributed by atoms with Crippen LogP contribution in [0.3, 0.4) is 0 Å². The van der Waals surface area contributed by atoms with Gasteiger partial charge in [0.1, 0.15) is 5.60 Å². The van der Waals surface area contributed by atoms with Gasteiger partial charge in [0.2, 0.25) is 0 Å². The van der Waals surface area contributed by atoms with E-state index < -0.39 is 5.60 Å². The van der Waals surface area contributed by atoms with Crippen LogP contribution < -0.4 is 10.2 Å². The van der Waals surface area contributed by atoms with Gasteiger partial charge in [-0.1, -0.05) is 42.5 Å². The molecule has 0 saturated carbocycles. The molecule has 0 bridgehead atoms.